The Morgan fingerprint density at radius 2 is 2.00 bits per heavy atom. The van der Waals surface area contributed by atoms with E-state index in [0.717, 1.165) is 25.7 Å². The molecule has 1 aromatic carbocycles. The Hall–Kier alpha value is -1.11. The molecule has 0 unspecified atom stereocenters. The van der Waals surface area contributed by atoms with Gasteiger partial charge in [0, 0.05) is 18.3 Å². The van der Waals surface area contributed by atoms with Crippen LogP contribution in [0.25, 0.3) is 0 Å². The summed E-state index contributed by atoms with van der Waals surface area (Å²) in [5, 5.41) is 9.13. The van der Waals surface area contributed by atoms with Crippen LogP contribution in [0.2, 0.25) is 0 Å². The minimum Gasteiger partial charge on any atom is -0.399 e. The largest absolute Gasteiger partial charge is 0.399 e. The van der Waals surface area contributed by atoms with E-state index in [9.17, 15) is 8.42 Å². The third-order valence-electron chi connectivity index (χ3n) is 3.52. The highest BCUT2D eigenvalue weighted by Gasteiger charge is 2.32. The summed E-state index contributed by atoms with van der Waals surface area (Å²) in [4.78, 5) is 0.202. The number of rotatable bonds is 5. The normalized spacial score (nSPS) is 17.2. The lowest BCUT2D eigenvalue weighted by atomic mass is 10.2. The quantitative estimate of drug-likeness (QED) is 0.796. The van der Waals surface area contributed by atoms with Gasteiger partial charge in [-0.25, -0.2) is 8.42 Å². The lowest BCUT2D eigenvalue weighted by molar-refractivity contribution is 0.226. The molecule has 0 aromatic heterocycles. The third kappa shape index (κ3) is 3.08. The summed E-state index contributed by atoms with van der Waals surface area (Å²) in [6.07, 6.45) is 3.81. The number of anilines is 1. The van der Waals surface area contributed by atoms with Gasteiger partial charge < -0.3 is 10.8 Å². The second-order valence-corrected chi connectivity index (χ2v) is 6.74. The van der Waals surface area contributed by atoms with Crippen molar-refractivity contribution in [3.8, 4) is 0 Å². The molecule has 0 atom stereocenters. The fourth-order valence-electron chi connectivity index (χ4n) is 2.60. The third-order valence-corrected chi connectivity index (χ3v) is 5.46. The van der Waals surface area contributed by atoms with Gasteiger partial charge in [-0.05, 0) is 31.0 Å². The standard InChI is InChI=1S/C13H20N2O3S/c14-11-4-3-7-13(10-11)19(17,18)15(8-9-16)12-5-1-2-6-12/h3-4,7,10,12,16H,1-2,5-6,8-9,14H2. The van der Waals surface area contributed by atoms with E-state index in [0.29, 0.717) is 5.69 Å². The maximum absolute atomic E-state index is 12.6. The van der Waals surface area contributed by atoms with Crippen molar-refractivity contribution in [2.75, 3.05) is 18.9 Å². The molecule has 0 saturated heterocycles. The van der Waals surface area contributed by atoms with Crippen LogP contribution >= 0.6 is 0 Å². The molecule has 1 aliphatic carbocycles. The number of nitrogen functional groups attached to an aromatic ring is 1. The first-order valence-electron chi connectivity index (χ1n) is 6.54. The molecule has 5 nitrogen and oxygen atoms in total. The molecule has 0 heterocycles. The second-order valence-electron chi connectivity index (χ2n) is 4.85. The van der Waals surface area contributed by atoms with Crippen molar-refractivity contribution in [1.29, 1.82) is 0 Å². The molecule has 0 aliphatic heterocycles. The molecule has 1 saturated carbocycles. The van der Waals surface area contributed by atoms with Crippen molar-refractivity contribution >= 4 is 15.7 Å². The molecule has 0 amide bonds. The minimum atomic E-state index is -3.58. The topological polar surface area (TPSA) is 83.6 Å². The van der Waals surface area contributed by atoms with Crippen molar-refractivity contribution in [3.05, 3.63) is 24.3 Å². The van der Waals surface area contributed by atoms with Crippen LogP contribution < -0.4 is 5.73 Å². The fourth-order valence-corrected chi connectivity index (χ4v) is 4.33. The first-order valence-corrected chi connectivity index (χ1v) is 7.98. The number of sulfonamides is 1. The molecular weight excluding hydrogens is 264 g/mol. The van der Waals surface area contributed by atoms with Crippen molar-refractivity contribution in [2.45, 2.75) is 36.6 Å². The van der Waals surface area contributed by atoms with E-state index in [4.69, 9.17) is 10.8 Å². The number of aliphatic hydroxyl groups excluding tert-OH is 1. The summed E-state index contributed by atoms with van der Waals surface area (Å²) < 4.78 is 26.7. The van der Waals surface area contributed by atoms with E-state index >= 15 is 0 Å². The summed E-state index contributed by atoms with van der Waals surface area (Å²) in [5.74, 6) is 0. The van der Waals surface area contributed by atoms with Crippen LogP contribution in [0.5, 0.6) is 0 Å². The van der Waals surface area contributed by atoms with Crippen LogP contribution in [0.4, 0.5) is 5.69 Å². The SMILES string of the molecule is Nc1cccc(S(=O)(=O)N(CCO)C2CCCC2)c1. The van der Waals surface area contributed by atoms with E-state index in [1.165, 1.54) is 10.4 Å². The molecule has 0 radical (unpaired) electrons. The Balaban J connectivity index is 2.33. The number of hydrogen-bond acceptors (Lipinski definition) is 4. The van der Waals surface area contributed by atoms with Gasteiger partial charge in [-0.3, -0.25) is 0 Å². The lowest BCUT2D eigenvalue weighted by Gasteiger charge is -2.27. The number of nitrogens with two attached hydrogens (primary N) is 1. The van der Waals surface area contributed by atoms with Gasteiger partial charge in [0.25, 0.3) is 0 Å². The van der Waals surface area contributed by atoms with Crippen LogP contribution in [0.1, 0.15) is 25.7 Å². The molecule has 0 spiro atoms. The maximum Gasteiger partial charge on any atom is 0.243 e. The van der Waals surface area contributed by atoms with Gasteiger partial charge in [0.05, 0.1) is 11.5 Å². The second kappa shape index (κ2) is 5.90. The fraction of sp³-hybridized carbons (Fsp3) is 0.538. The number of benzene rings is 1. The van der Waals surface area contributed by atoms with Crippen LogP contribution in [0.15, 0.2) is 29.2 Å². The number of nitrogens with zero attached hydrogens (tertiary/aromatic N) is 1. The highest BCUT2D eigenvalue weighted by atomic mass is 32.2. The van der Waals surface area contributed by atoms with Crippen molar-refractivity contribution in [3.63, 3.8) is 0 Å². The van der Waals surface area contributed by atoms with E-state index in [1.54, 1.807) is 18.2 Å². The van der Waals surface area contributed by atoms with Gasteiger partial charge >= 0.3 is 0 Å². The first-order chi connectivity index (χ1) is 9.05. The Morgan fingerprint density at radius 1 is 1.32 bits per heavy atom. The van der Waals surface area contributed by atoms with E-state index in [1.807, 2.05) is 0 Å². The predicted molar refractivity (Wildman–Crippen MR) is 74.1 cm³/mol. The van der Waals surface area contributed by atoms with Crippen molar-refractivity contribution < 1.29 is 13.5 Å². The van der Waals surface area contributed by atoms with Crippen molar-refractivity contribution in [2.24, 2.45) is 0 Å². The first kappa shape index (κ1) is 14.3. The average molecular weight is 284 g/mol. The Kier molecular flexibility index (Phi) is 4.44. The van der Waals surface area contributed by atoms with Crippen LogP contribution in [-0.4, -0.2) is 37.0 Å². The lowest BCUT2D eigenvalue weighted by Crippen LogP contribution is -2.40. The summed E-state index contributed by atoms with van der Waals surface area (Å²) in [7, 11) is -3.58. The molecule has 106 valence electrons. The molecule has 6 heteroatoms. The minimum absolute atomic E-state index is 0.00131. The van der Waals surface area contributed by atoms with Gasteiger partial charge in [-0.2, -0.15) is 4.31 Å². The zero-order valence-corrected chi connectivity index (χ0v) is 11.6. The number of hydrogen-bond donors (Lipinski definition) is 2. The average Bonchev–Trinajstić information content (AvgIpc) is 2.89. The molecule has 1 fully saturated rings. The van der Waals surface area contributed by atoms with E-state index in [-0.39, 0.29) is 24.1 Å². The molecule has 3 N–H and O–H groups in total. The highest BCUT2D eigenvalue weighted by molar-refractivity contribution is 7.89. The van der Waals surface area contributed by atoms with Crippen LogP contribution in [0.3, 0.4) is 0 Å². The summed E-state index contributed by atoms with van der Waals surface area (Å²) >= 11 is 0. The molecule has 19 heavy (non-hydrogen) atoms. The molecule has 1 aromatic rings. The number of aliphatic hydroxyl groups is 1. The van der Waals surface area contributed by atoms with Crippen LogP contribution in [-0.2, 0) is 10.0 Å². The summed E-state index contributed by atoms with van der Waals surface area (Å²) in [6, 6.07) is 6.30. The summed E-state index contributed by atoms with van der Waals surface area (Å²) in [5.41, 5.74) is 6.08. The summed E-state index contributed by atoms with van der Waals surface area (Å²) in [6.45, 7) is -0.0279. The molecular formula is C13H20N2O3S. The van der Waals surface area contributed by atoms with Gasteiger partial charge in [0.2, 0.25) is 10.0 Å². The zero-order chi connectivity index (χ0) is 13.9. The van der Waals surface area contributed by atoms with Gasteiger partial charge in [0.15, 0.2) is 0 Å². The Morgan fingerprint density at radius 3 is 2.58 bits per heavy atom. The Bertz CT molecular complexity index is 524. The maximum atomic E-state index is 12.6. The monoisotopic (exact) mass is 284 g/mol. The van der Waals surface area contributed by atoms with Gasteiger partial charge in [-0.15, -0.1) is 0 Å². The smallest absolute Gasteiger partial charge is 0.243 e. The van der Waals surface area contributed by atoms with Crippen molar-refractivity contribution in [1.82, 2.24) is 4.31 Å². The van der Waals surface area contributed by atoms with Gasteiger partial charge in [-0.1, -0.05) is 18.9 Å². The molecule has 0 bridgehead atoms. The Labute approximate surface area is 114 Å². The van der Waals surface area contributed by atoms with Crippen LogP contribution in [0, 0.1) is 0 Å². The van der Waals surface area contributed by atoms with Gasteiger partial charge in [0.1, 0.15) is 0 Å². The van der Waals surface area contributed by atoms with E-state index < -0.39 is 10.0 Å². The van der Waals surface area contributed by atoms with E-state index in [2.05, 4.69) is 0 Å². The highest BCUT2D eigenvalue weighted by Crippen LogP contribution is 2.28. The predicted octanol–water partition coefficient (Wildman–Crippen LogP) is 1.19. The zero-order valence-electron chi connectivity index (χ0n) is 10.8. The molecule has 2 rings (SSSR count). The molecule has 1 aliphatic rings.